The van der Waals surface area contributed by atoms with Gasteiger partial charge in [0.25, 0.3) is 0 Å². The summed E-state index contributed by atoms with van der Waals surface area (Å²) in [6, 6.07) is 18.8. The summed E-state index contributed by atoms with van der Waals surface area (Å²) in [5.41, 5.74) is 2.26. The molecule has 1 aromatic heterocycles. The van der Waals surface area contributed by atoms with E-state index in [0.29, 0.717) is 0 Å². The molecular formula is C17H15BrN2S. The molecule has 0 bridgehead atoms. The average Bonchev–Trinajstić information content (AvgIpc) is 2.50. The molecule has 0 fully saturated rings. The predicted octanol–water partition coefficient (Wildman–Crippen LogP) is 4.87. The van der Waals surface area contributed by atoms with Crippen molar-refractivity contribution < 1.29 is 0 Å². The average molecular weight is 359 g/mol. The Labute approximate surface area is 137 Å². The highest BCUT2D eigenvalue weighted by atomic mass is 79.9. The van der Waals surface area contributed by atoms with Gasteiger partial charge in [0.15, 0.2) is 0 Å². The SMILES string of the molecule is CNCc1cc2ccccc2nc1Sc1ccc(Br)cc1. The molecule has 0 atom stereocenters. The van der Waals surface area contributed by atoms with E-state index in [-0.39, 0.29) is 0 Å². The molecule has 4 heteroatoms. The molecule has 0 saturated heterocycles. The Hall–Kier alpha value is -1.36. The second-order valence-corrected chi connectivity index (χ2v) is 6.71. The molecule has 0 saturated carbocycles. The maximum Gasteiger partial charge on any atom is 0.106 e. The number of nitrogens with zero attached hydrogens (tertiary/aromatic N) is 1. The second kappa shape index (κ2) is 6.60. The molecule has 0 aliphatic rings. The Bertz CT molecular complexity index is 756. The van der Waals surface area contributed by atoms with Crippen molar-refractivity contribution in [3.05, 3.63) is 64.6 Å². The van der Waals surface area contributed by atoms with Crippen molar-refractivity contribution >= 4 is 38.6 Å². The summed E-state index contributed by atoms with van der Waals surface area (Å²) in [4.78, 5) is 6.02. The van der Waals surface area contributed by atoms with E-state index in [1.807, 2.05) is 13.1 Å². The number of halogens is 1. The number of aromatic nitrogens is 1. The van der Waals surface area contributed by atoms with E-state index in [9.17, 15) is 0 Å². The topological polar surface area (TPSA) is 24.9 Å². The summed E-state index contributed by atoms with van der Waals surface area (Å²) in [7, 11) is 1.96. The van der Waals surface area contributed by atoms with Gasteiger partial charge < -0.3 is 5.32 Å². The first-order chi connectivity index (χ1) is 10.3. The molecular weight excluding hydrogens is 344 g/mol. The highest BCUT2D eigenvalue weighted by Crippen LogP contribution is 2.31. The fourth-order valence-electron chi connectivity index (χ4n) is 2.16. The smallest absolute Gasteiger partial charge is 0.106 e. The van der Waals surface area contributed by atoms with Gasteiger partial charge >= 0.3 is 0 Å². The Morgan fingerprint density at radius 3 is 2.62 bits per heavy atom. The summed E-state index contributed by atoms with van der Waals surface area (Å²) in [6.07, 6.45) is 0. The van der Waals surface area contributed by atoms with E-state index < -0.39 is 0 Å². The van der Waals surface area contributed by atoms with Crippen LogP contribution in [0.1, 0.15) is 5.56 Å². The molecule has 1 heterocycles. The lowest BCUT2D eigenvalue weighted by Gasteiger charge is -2.10. The molecule has 0 radical (unpaired) electrons. The van der Waals surface area contributed by atoms with Crippen molar-refractivity contribution in [3.8, 4) is 0 Å². The third-order valence-electron chi connectivity index (χ3n) is 3.16. The highest BCUT2D eigenvalue weighted by Gasteiger charge is 2.08. The van der Waals surface area contributed by atoms with Crippen LogP contribution in [0.2, 0.25) is 0 Å². The number of pyridine rings is 1. The number of fused-ring (bicyclic) bond motifs is 1. The molecule has 21 heavy (non-hydrogen) atoms. The number of nitrogens with one attached hydrogen (secondary N) is 1. The van der Waals surface area contributed by atoms with Gasteiger partial charge in [0.05, 0.1) is 5.52 Å². The first kappa shape index (κ1) is 14.6. The van der Waals surface area contributed by atoms with Gasteiger partial charge in [-0.2, -0.15) is 0 Å². The van der Waals surface area contributed by atoms with E-state index >= 15 is 0 Å². The minimum absolute atomic E-state index is 0.816. The second-order valence-electron chi connectivity index (χ2n) is 4.73. The third kappa shape index (κ3) is 3.46. The lowest BCUT2D eigenvalue weighted by Crippen LogP contribution is -2.07. The van der Waals surface area contributed by atoms with Crippen LogP contribution in [0.4, 0.5) is 0 Å². The van der Waals surface area contributed by atoms with Crippen LogP contribution in [0.15, 0.2) is 69.0 Å². The van der Waals surface area contributed by atoms with Gasteiger partial charge in [-0.15, -0.1) is 0 Å². The molecule has 2 nitrogen and oxygen atoms in total. The number of hydrogen-bond acceptors (Lipinski definition) is 3. The molecule has 0 aliphatic carbocycles. The summed E-state index contributed by atoms with van der Waals surface area (Å²) >= 11 is 5.17. The van der Waals surface area contributed by atoms with Gasteiger partial charge in [0.2, 0.25) is 0 Å². The van der Waals surface area contributed by atoms with Gasteiger partial charge in [0.1, 0.15) is 5.03 Å². The van der Waals surface area contributed by atoms with E-state index in [4.69, 9.17) is 4.98 Å². The third-order valence-corrected chi connectivity index (χ3v) is 4.74. The van der Waals surface area contributed by atoms with Crippen LogP contribution in [0.3, 0.4) is 0 Å². The fourth-order valence-corrected chi connectivity index (χ4v) is 3.33. The summed E-state index contributed by atoms with van der Waals surface area (Å²) in [6.45, 7) is 0.816. The lowest BCUT2D eigenvalue weighted by molar-refractivity contribution is 0.794. The zero-order valence-electron chi connectivity index (χ0n) is 11.6. The minimum atomic E-state index is 0.816. The Balaban J connectivity index is 2.02. The normalized spacial score (nSPS) is 11.0. The molecule has 1 N–H and O–H groups in total. The van der Waals surface area contributed by atoms with Crippen LogP contribution in [-0.2, 0) is 6.54 Å². The highest BCUT2D eigenvalue weighted by molar-refractivity contribution is 9.10. The molecule has 0 unspecified atom stereocenters. The monoisotopic (exact) mass is 358 g/mol. The first-order valence-electron chi connectivity index (χ1n) is 6.73. The molecule has 3 rings (SSSR count). The lowest BCUT2D eigenvalue weighted by atomic mass is 10.1. The standard InChI is InChI=1S/C17H15BrN2S/c1-19-11-13-10-12-4-2-3-5-16(12)20-17(13)21-15-8-6-14(18)7-9-15/h2-10,19H,11H2,1H3. The number of hydrogen-bond donors (Lipinski definition) is 1. The molecule has 0 amide bonds. The van der Waals surface area contributed by atoms with Crippen molar-refractivity contribution in [1.82, 2.24) is 10.3 Å². The van der Waals surface area contributed by atoms with Crippen molar-refractivity contribution in [2.24, 2.45) is 0 Å². The Morgan fingerprint density at radius 1 is 1.10 bits per heavy atom. The number of para-hydroxylation sites is 1. The number of benzene rings is 2. The first-order valence-corrected chi connectivity index (χ1v) is 8.34. The van der Waals surface area contributed by atoms with Gasteiger partial charge in [-0.3, -0.25) is 0 Å². The largest absolute Gasteiger partial charge is 0.316 e. The number of rotatable bonds is 4. The van der Waals surface area contributed by atoms with Crippen molar-refractivity contribution in [3.63, 3.8) is 0 Å². The van der Waals surface area contributed by atoms with Gasteiger partial charge in [-0.1, -0.05) is 45.9 Å². The Kier molecular flexibility index (Phi) is 4.58. The van der Waals surface area contributed by atoms with Crippen molar-refractivity contribution in [2.45, 2.75) is 16.5 Å². The van der Waals surface area contributed by atoms with Crippen LogP contribution < -0.4 is 5.32 Å². The molecule has 106 valence electrons. The van der Waals surface area contributed by atoms with Crippen LogP contribution in [-0.4, -0.2) is 12.0 Å². The van der Waals surface area contributed by atoms with Crippen LogP contribution in [0, 0.1) is 0 Å². The zero-order valence-corrected chi connectivity index (χ0v) is 14.0. The maximum atomic E-state index is 4.82. The Morgan fingerprint density at radius 2 is 1.86 bits per heavy atom. The van der Waals surface area contributed by atoms with Gasteiger partial charge in [-0.05, 0) is 49.0 Å². The molecule has 0 spiro atoms. The molecule has 0 aliphatic heterocycles. The van der Waals surface area contributed by atoms with Gasteiger partial charge in [-0.25, -0.2) is 4.98 Å². The summed E-state index contributed by atoms with van der Waals surface area (Å²) in [5.74, 6) is 0. The van der Waals surface area contributed by atoms with Gasteiger partial charge in [0, 0.05) is 21.3 Å². The van der Waals surface area contributed by atoms with E-state index in [2.05, 4.69) is 69.8 Å². The maximum absolute atomic E-state index is 4.82. The minimum Gasteiger partial charge on any atom is -0.316 e. The van der Waals surface area contributed by atoms with Crippen LogP contribution >= 0.6 is 27.7 Å². The molecule has 2 aromatic carbocycles. The van der Waals surface area contributed by atoms with Crippen LogP contribution in [0.25, 0.3) is 10.9 Å². The summed E-state index contributed by atoms with van der Waals surface area (Å²) in [5, 5.41) is 5.47. The quantitative estimate of drug-likeness (QED) is 0.720. The fraction of sp³-hybridized carbons (Fsp3) is 0.118. The van der Waals surface area contributed by atoms with E-state index in [0.717, 1.165) is 21.6 Å². The van der Waals surface area contributed by atoms with E-state index in [1.165, 1.54) is 15.8 Å². The van der Waals surface area contributed by atoms with Crippen molar-refractivity contribution in [1.29, 1.82) is 0 Å². The predicted molar refractivity (Wildman–Crippen MR) is 92.8 cm³/mol. The summed E-state index contributed by atoms with van der Waals surface area (Å²) < 4.78 is 1.09. The van der Waals surface area contributed by atoms with Crippen LogP contribution in [0.5, 0.6) is 0 Å². The molecule has 3 aromatic rings. The zero-order chi connectivity index (χ0) is 14.7. The van der Waals surface area contributed by atoms with Crippen molar-refractivity contribution in [2.75, 3.05) is 7.05 Å². The van der Waals surface area contributed by atoms with E-state index in [1.54, 1.807) is 11.8 Å².